The summed E-state index contributed by atoms with van der Waals surface area (Å²) in [5, 5.41) is 9.32. The van der Waals surface area contributed by atoms with Crippen molar-refractivity contribution < 1.29 is 24.3 Å². The highest BCUT2D eigenvalue weighted by Crippen LogP contribution is 2.36. The molecule has 2 N–H and O–H groups in total. The molecule has 0 unspecified atom stereocenters. The quantitative estimate of drug-likeness (QED) is 0.769. The molecule has 1 fully saturated rings. The van der Waals surface area contributed by atoms with Crippen molar-refractivity contribution in [3.63, 3.8) is 0 Å². The maximum Gasteiger partial charge on any atom is 0.431 e. The van der Waals surface area contributed by atoms with Crippen LogP contribution in [0.3, 0.4) is 0 Å². The molecule has 19 heavy (non-hydrogen) atoms. The van der Waals surface area contributed by atoms with Gasteiger partial charge in [0.15, 0.2) is 0 Å². The molecule has 0 saturated heterocycles. The molecule has 1 aliphatic rings. The highest BCUT2D eigenvalue weighted by Gasteiger charge is 2.40. The first-order valence-electron chi connectivity index (χ1n) is 6.59. The molecule has 0 aromatic rings. The van der Waals surface area contributed by atoms with Gasteiger partial charge in [0.25, 0.3) is 0 Å². The zero-order chi connectivity index (χ0) is 14.5. The molecule has 0 heterocycles. The molecule has 1 aliphatic carbocycles. The van der Waals surface area contributed by atoms with Crippen LogP contribution in [-0.4, -0.2) is 29.4 Å². The summed E-state index contributed by atoms with van der Waals surface area (Å²) < 4.78 is 5.00. The number of carboxylic acids is 1. The van der Waals surface area contributed by atoms with E-state index in [9.17, 15) is 14.7 Å². The SMILES string of the molecule is CC(C)(C)OC(=O)NOCC1(C(=O)O)CCCCC1. The molecule has 6 heteroatoms. The number of hydrogen-bond acceptors (Lipinski definition) is 4. The van der Waals surface area contributed by atoms with Crippen LogP contribution < -0.4 is 5.48 Å². The van der Waals surface area contributed by atoms with Gasteiger partial charge in [0, 0.05) is 0 Å². The number of amides is 1. The van der Waals surface area contributed by atoms with Crippen molar-refractivity contribution >= 4 is 12.1 Å². The number of hydrogen-bond donors (Lipinski definition) is 2. The molecule has 0 aromatic carbocycles. The van der Waals surface area contributed by atoms with Crippen molar-refractivity contribution in [1.82, 2.24) is 5.48 Å². The summed E-state index contributed by atoms with van der Waals surface area (Å²) in [7, 11) is 0. The van der Waals surface area contributed by atoms with Crippen LogP contribution in [0.5, 0.6) is 0 Å². The summed E-state index contributed by atoms with van der Waals surface area (Å²) in [6, 6.07) is 0. The van der Waals surface area contributed by atoms with Gasteiger partial charge in [0.2, 0.25) is 0 Å². The zero-order valence-electron chi connectivity index (χ0n) is 11.8. The van der Waals surface area contributed by atoms with Gasteiger partial charge in [-0.2, -0.15) is 5.48 Å². The van der Waals surface area contributed by atoms with Crippen LogP contribution in [0.2, 0.25) is 0 Å². The third-order valence-corrected chi connectivity index (χ3v) is 3.17. The van der Waals surface area contributed by atoms with Crippen molar-refractivity contribution in [2.24, 2.45) is 5.41 Å². The van der Waals surface area contributed by atoms with E-state index < -0.39 is 23.1 Å². The number of aliphatic carboxylic acids is 1. The van der Waals surface area contributed by atoms with Crippen LogP contribution in [0, 0.1) is 5.41 Å². The molecule has 1 amide bonds. The van der Waals surface area contributed by atoms with E-state index in [4.69, 9.17) is 9.57 Å². The summed E-state index contributed by atoms with van der Waals surface area (Å²) in [5.41, 5.74) is 0.652. The van der Waals surface area contributed by atoms with Crippen LogP contribution in [0.1, 0.15) is 52.9 Å². The van der Waals surface area contributed by atoms with Crippen molar-refractivity contribution in [1.29, 1.82) is 0 Å². The second kappa shape index (κ2) is 6.23. The number of carbonyl (C=O) groups is 2. The topological polar surface area (TPSA) is 84.9 Å². The predicted molar refractivity (Wildman–Crippen MR) is 68.5 cm³/mol. The van der Waals surface area contributed by atoms with Crippen molar-refractivity contribution in [3.8, 4) is 0 Å². The van der Waals surface area contributed by atoms with E-state index in [2.05, 4.69) is 5.48 Å². The smallest absolute Gasteiger partial charge is 0.431 e. The molecule has 0 radical (unpaired) electrons. The highest BCUT2D eigenvalue weighted by atomic mass is 16.7. The Hall–Kier alpha value is -1.30. The summed E-state index contributed by atoms with van der Waals surface area (Å²) in [5.74, 6) is -0.863. The molecule has 0 aromatic heterocycles. The standard InChI is InChI=1S/C13H23NO5/c1-12(2,3)19-11(17)14-18-9-13(10(15)16)7-5-4-6-8-13/h4-9H2,1-3H3,(H,14,17)(H,15,16). The lowest BCUT2D eigenvalue weighted by atomic mass is 9.75. The average molecular weight is 273 g/mol. The first kappa shape index (κ1) is 15.8. The lowest BCUT2D eigenvalue weighted by molar-refractivity contribution is -0.158. The van der Waals surface area contributed by atoms with Crippen LogP contribution in [0.15, 0.2) is 0 Å². The van der Waals surface area contributed by atoms with Crippen LogP contribution >= 0.6 is 0 Å². The number of carbonyl (C=O) groups excluding carboxylic acids is 1. The third-order valence-electron chi connectivity index (χ3n) is 3.17. The van der Waals surface area contributed by atoms with Gasteiger partial charge < -0.3 is 9.84 Å². The first-order valence-corrected chi connectivity index (χ1v) is 6.59. The van der Waals surface area contributed by atoms with Crippen LogP contribution in [0.4, 0.5) is 4.79 Å². The van der Waals surface area contributed by atoms with E-state index in [0.29, 0.717) is 12.8 Å². The largest absolute Gasteiger partial charge is 0.481 e. The minimum atomic E-state index is -0.882. The van der Waals surface area contributed by atoms with Crippen molar-refractivity contribution in [2.45, 2.75) is 58.5 Å². The Morgan fingerprint density at radius 1 is 1.21 bits per heavy atom. The van der Waals surface area contributed by atoms with Gasteiger partial charge in [-0.15, -0.1) is 0 Å². The molecular weight excluding hydrogens is 250 g/mol. The maximum atomic E-state index is 11.4. The molecule has 0 aliphatic heterocycles. The van der Waals surface area contributed by atoms with Gasteiger partial charge in [0.05, 0.1) is 12.0 Å². The van der Waals surface area contributed by atoms with E-state index >= 15 is 0 Å². The second-order valence-corrected chi connectivity index (χ2v) is 6.04. The minimum absolute atomic E-state index is 0.0262. The van der Waals surface area contributed by atoms with E-state index in [1.165, 1.54) is 0 Å². The average Bonchev–Trinajstić information content (AvgIpc) is 2.27. The summed E-state index contributed by atoms with van der Waals surface area (Å²) in [6.07, 6.45) is 3.26. The van der Waals surface area contributed by atoms with E-state index in [0.717, 1.165) is 19.3 Å². The van der Waals surface area contributed by atoms with E-state index in [1.54, 1.807) is 20.8 Å². The number of rotatable bonds is 4. The van der Waals surface area contributed by atoms with Crippen LogP contribution in [0.25, 0.3) is 0 Å². The number of hydroxylamine groups is 1. The monoisotopic (exact) mass is 273 g/mol. The van der Waals surface area contributed by atoms with Crippen molar-refractivity contribution in [2.75, 3.05) is 6.61 Å². The van der Waals surface area contributed by atoms with Gasteiger partial charge >= 0.3 is 12.1 Å². The Morgan fingerprint density at radius 3 is 2.26 bits per heavy atom. The minimum Gasteiger partial charge on any atom is -0.481 e. The molecule has 0 atom stereocenters. The molecule has 110 valence electrons. The van der Waals surface area contributed by atoms with Crippen LogP contribution in [-0.2, 0) is 14.4 Å². The normalized spacial score (nSPS) is 18.7. The Morgan fingerprint density at radius 2 is 1.79 bits per heavy atom. The fourth-order valence-electron chi connectivity index (χ4n) is 2.18. The number of carboxylic acid groups (broad SMARTS) is 1. The number of nitrogens with one attached hydrogen (secondary N) is 1. The molecule has 6 nitrogen and oxygen atoms in total. The molecule has 1 rings (SSSR count). The summed E-state index contributed by atoms with van der Waals surface area (Å²) >= 11 is 0. The van der Waals surface area contributed by atoms with Gasteiger partial charge in [-0.3, -0.25) is 9.63 Å². The van der Waals surface area contributed by atoms with Gasteiger partial charge in [-0.05, 0) is 33.6 Å². The van der Waals surface area contributed by atoms with Crippen molar-refractivity contribution in [3.05, 3.63) is 0 Å². The number of ether oxygens (including phenoxy) is 1. The van der Waals surface area contributed by atoms with E-state index in [-0.39, 0.29) is 6.61 Å². The van der Waals surface area contributed by atoms with Gasteiger partial charge in [-0.25, -0.2) is 4.79 Å². The molecule has 0 spiro atoms. The fourth-order valence-corrected chi connectivity index (χ4v) is 2.18. The zero-order valence-corrected chi connectivity index (χ0v) is 11.8. The molecule has 0 bridgehead atoms. The second-order valence-electron chi connectivity index (χ2n) is 6.04. The Labute approximate surface area is 113 Å². The first-order chi connectivity index (χ1) is 8.75. The molecular formula is C13H23NO5. The predicted octanol–water partition coefficient (Wildman–Crippen LogP) is 2.48. The highest BCUT2D eigenvalue weighted by molar-refractivity contribution is 5.75. The van der Waals surface area contributed by atoms with E-state index in [1.807, 2.05) is 0 Å². The summed E-state index contributed by atoms with van der Waals surface area (Å²) in [6.45, 7) is 5.20. The van der Waals surface area contributed by atoms with Gasteiger partial charge in [0.1, 0.15) is 5.60 Å². The lowest BCUT2D eigenvalue weighted by Crippen LogP contribution is -2.41. The lowest BCUT2D eigenvalue weighted by Gasteiger charge is -2.32. The van der Waals surface area contributed by atoms with Gasteiger partial charge in [-0.1, -0.05) is 19.3 Å². The summed E-state index contributed by atoms with van der Waals surface area (Å²) in [4.78, 5) is 27.8. The Bertz CT molecular complexity index is 328. The fraction of sp³-hybridized carbons (Fsp3) is 0.846. The maximum absolute atomic E-state index is 11.4. The third kappa shape index (κ3) is 5.06. The Balaban J connectivity index is 2.41. The molecule has 1 saturated carbocycles. The Kier molecular flexibility index (Phi) is 5.17.